The van der Waals surface area contributed by atoms with E-state index in [1.807, 2.05) is 18.2 Å². The summed E-state index contributed by atoms with van der Waals surface area (Å²) in [6.45, 7) is 11.7. The number of hydrogen-bond acceptors (Lipinski definition) is 6. The van der Waals surface area contributed by atoms with Crippen LogP contribution in [-0.2, 0) is 27.3 Å². The zero-order valence-corrected chi connectivity index (χ0v) is 22.1. The number of alkyl halides is 2. The molecule has 2 N–H and O–H groups in total. The number of hydrogen-bond donors (Lipinski definition) is 2. The van der Waals surface area contributed by atoms with Gasteiger partial charge in [-0.3, -0.25) is 4.79 Å². The summed E-state index contributed by atoms with van der Waals surface area (Å²) in [5.41, 5.74) is 1.13. The van der Waals surface area contributed by atoms with Crippen molar-refractivity contribution in [1.29, 1.82) is 0 Å². The SMILES string of the molecule is CC(C)(C)OC(=O)C[C@H](Cc1cc(CO)ccc1N(CCCl)CCCl)NC(=O)OC(C)(C)C. The topological polar surface area (TPSA) is 88.1 Å². The molecule has 1 atom stereocenters. The third-order valence-corrected chi connectivity index (χ3v) is 4.73. The minimum Gasteiger partial charge on any atom is -0.460 e. The second kappa shape index (κ2) is 13.3. The predicted octanol–water partition coefficient (Wildman–Crippen LogP) is 4.63. The third-order valence-electron chi connectivity index (χ3n) is 4.40. The van der Waals surface area contributed by atoms with Crippen molar-refractivity contribution in [2.75, 3.05) is 29.7 Å². The van der Waals surface area contributed by atoms with Crippen molar-refractivity contribution in [1.82, 2.24) is 5.32 Å². The Morgan fingerprint density at radius 3 is 2.09 bits per heavy atom. The Morgan fingerprint density at radius 2 is 1.61 bits per heavy atom. The lowest BCUT2D eigenvalue weighted by atomic mass is 9.98. The highest BCUT2D eigenvalue weighted by Crippen LogP contribution is 2.25. The van der Waals surface area contributed by atoms with E-state index < -0.39 is 29.3 Å². The molecule has 0 aromatic heterocycles. The number of aliphatic hydroxyl groups excluding tert-OH is 1. The maximum absolute atomic E-state index is 12.6. The summed E-state index contributed by atoms with van der Waals surface area (Å²) in [6, 6.07) is 5.01. The number of benzene rings is 1. The van der Waals surface area contributed by atoms with Crippen molar-refractivity contribution in [2.45, 2.75) is 78.2 Å². The van der Waals surface area contributed by atoms with Crippen molar-refractivity contribution in [3.8, 4) is 0 Å². The minimum absolute atomic E-state index is 0.0374. The summed E-state index contributed by atoms with van der Waals surface area (Å²) in [7, 11) is 0. The number of anilines is 1. The van der Waals surface area contributed by atoms with Crippen LogP contribution in [0.4, 0.5) is 10.5 Å². The Kier molecular flexibility index (Phi) is 11.8. The largest absolute Gasteiger partial charge is 0.460 e. The third kappa shape index (κ3) is 11.8. The van der Waals surface area contributed by atoms with Gasteiger partial charge in [0.1, 0.15) is 11.2 Å². The van der Waals surface area contributed by atoms with Gasteiger partial charge in [-0.1, -0.05) is 12.1 Å². The number of nitrogens with zero attached hydrogens (tertiary/aromatic N) is 1. The van der Waals surface area contributed by atoms with Gasteiger partial charge in [0.25, 0.3) is 0 Å². The second-order valence-corrected chi connectivity index (χ2v) is 10.6. The van der Waals surface area contributed by atoms with Gasteiger partial charge in [0.05, 0.1) is 13.0 Å². The van der Waals surface area contributed by atoms with Gasteiger partial charge in [0.2, 0.25) is 0 Å². The summed E-state index contributed by atoms with van der Waals surface area (Å²) in [6.07, 6.45) is -0.332. The molecule has 0 bridgehead atoms. The molecule has 0 aliphatic heterocycles. The number of ether oxygens (including phenoxy) is 2. The second-order valence-electron chi connectivity index (χ2n) is 9.82. The van der Waals surface area contributed by atoms with Crippen molar-refractivity contribution >= 4 is 41.0 Å². The first-order valence-corrected chi connectivity index (χ1v) is 12.2. The molecule has 0 fully saturated rings. The van der Waals surface area contributed by atoms with E-state index in [0.29, 0.717) is 31.3 Å². The van der Waals surface area contributed by atoms with Gasteiger partial charge in [-0.15, -0.1) is 23.2 Å². The Bertz CT molecular complexity index is 739. The van der Waals surface area contributed by atoms with Crippen LogP contribution in [0.1, 0.15) is 59.1 Å². The number of nitrogens with one attached hydrogen (secondary N) is 1. The lowest BCUT2D eigenvalue weighted by Crippen LogP contribution is -2.42. The molecule has 0 aliphatic rings. The Labute approximate surface area is 207 Å². The van der Waals surface area contributed by atoms with E-state index in [-0.39, 0.29) is 13.0 Å². The van der Waals surface area contributed by atoms with Crippen LogP contribution >= 0.6 is 23.2 Å². The molecule has 1 aromatic rings. The van der Waals surface area contributed by atoms with E-state index in [2.05, 4.69) is 10.2 Å². The highest BCUT2D eigenvalue weighted by molar-refractivity contribution is 6.18. The highest BCUT2D eigenvalue weighted by Gasteiger charge is 2.26. The van der Waals surface area contributed by atoms with Crippen LogP contribution in [-0.4, -0.2) is 59.3 Å². The lowest BCUT2D eigenvalue weighted by Gasteiger charge is -2.29. The fourth-order valence-corrected chi connectivity index (χ4v) is 3.67. The van der Waals surface area contributed by atoms with Crippen LogP contribution in [0.15, 0.2) is 18.2 Å². The van der Waals surface area contributed by atoms with Crippen LogP contribution in [0, 0.1) is 0 Å². The first-order valence-electron chi connectivity index (χ1n) is 11.1. The first-order chi connectivity index (χ1) is 15.3. The number of alkyl carbamates (subject to hydrolysis) is 1. The van der Waals surface area contributed by atoms with Gasteiger partial charge < -0.3 is 24.8 Å². The normalized spacial score (nSPS) is 12.8. The molecular formula is C24H38Cl2N2O5. The average molecular weight is 505 g/mol. The molecule has 0 spiro atoms. The standard InChI is InChI=1S/C24H38Cl2N2O5/c1-23(2,3)32-21(30)15-19(27-22(31)33-24(4,5)6)14-18-13-17(16-29)7-8-20(18)28(11-9-25)12-10-26/h7-8,13,19,29H,9-12,14-16H2,1-6H3,(H,27,31)/t19-/m0/s1. The fraction of sp³-hybridized carbons (Fsp3) is 0.667. The van der Waals surface area contributed by atoms with E-state index in [1.165, 1.54) is 0 Å². The van der Waals surface area contributed by atoms with Crippen LogP contribution < -0.4 is 10.2 Å². The number of carbonyl (C=O) groups excluding carboxylic acids is 2. The van der Waals surface area contributed by atoms with E-state index in [0.717, 1.165) is 16.8 Å². The molecule has 0 saturated carbocycles. The number of amides is 1. The zero-order chi connectivity index (χ0) is 25.2. The molecule has 33 heavy (non-hydrogen) atoms. The van der Waals surface area contributed by atoms with Crippen molar-refractivity contribution in [2.24, 2.45) is 0 Å². The van der Waals surface area contributed by atoms with Gasteiger partial charge in [0.15, 0.2) is 0 Å². The minimum atomic E-state index is -0.681. The summed E-state index contributed by atoms with van der Waals surface area (Å²) >= 11 is 12.0. The van der Waals surface area contributed by atoms with Crippen molar-refractivity contribution < 1.29 is 24.2 Å². The summed E-state index contributed by atoms with van der Waals surface area (Å²) in [5.74, 6) is 0.396. The molecule has 0 heterocycles. The lowest BCUT2D eigenvalue weighted by molar-refractivity contribution is -0.155. The Morgan fingerprint density at radius 1 is 1.03 bits per heavy atom. The van der Waals surface area contributed by atoms with E-state index in [4.69, 9.17) is 32.7 Å². The Hall–Kier alpha value is -1.70. The highest BCUT2D eigenvalue weighted by atomic mass is 35.5. The molecule has 0 aliphatic carbocycles. The molecule has 188 valence electrons. The fourth-order valence-electron chi connectivity index (χ4n) is 3.26. The summed E-state index contributed by atoms with van der Waals surface area (Å²) < 4.78 is 10.9. The van der Waals surface area contributed by atoms with Gasteiger partial charge in [-0.2, -0.15) is 0 Å². The molecule has 0 unspecified atom stereocenters. The Balaban J connectivity index is 3.26. The number of halogens is 2. The molecule has 1 aromatic carbocycles. The molecular weight excluding hydrogens is 467 g/mol. The van der Waals surface area contributed by atoms with Crippen LogP contribution in [0.3, 0.4) is 0 Å². The van der Waals surface area contributed by atoms with Gasteiger partial charge in [-0.05, 0) is 65.2 Å². The zero-order valence-electron chi connectivity index (χ0n) is 20.5. The maximum Gasteiger partial charge on any atom is 0.407 e. The van der Waals surface area contributed by atoms with Gasteiger partial charge in [-0.25, -0.2) is 4.79 Å². The molecule has 7 nitrogen and oxygen atoms in total. The van der Waals surface area contributed by atoms with E-state index in [1.54, 1.807) is 41.5 Å². The first kappa shape index (κ1) is 29.3. The summed E-state index contributed by atoms with van der Waals surface area (Å²) in [4.78, 5) is 27.1. The maximum atomic E-state index is 12.6. The van der Waals surface area contributed by atoms with Crippen LogP contribution in [0.25, 0.3) is 0 Å². The smallest absolute Gasteiger partial charge is 0.407 e. The van der Waals surface area contributed by atoms with Crippen molar-refractivity contribution in [3.63, 3.8) is 0 Å². The molecule has 1 amide bonds. The predicted molar refractivity (Wildman–Crippen MR) is 133 cm³/mol. The average Bonchev–Trinajstić information content (AvgIpc) is 2.64. The molecule has 0 radical (unpaired) electrons. The molecule has 0 saturated heterocycles. The van der Waals surface area contributed by atoms with Crippen molar-refractivity contribution in [3.05, 3.63) is 29.3 Å². The van der Waals surface area contributed by atoms with Crippen LogP contribution in [0.5, 0.6) is 0 Å². The number of carbonyl (C=O) groups is 2. The molecule has 9 heteroatoms. The molecule has 1 rings (SSSR count). The van der Waals surface area contributed by atoms with Gasteiger partial charge in [0, 0.05) is 36.6 Å². The van der Waals surface area contributed by atoms with E-state index in [9.17, 15) is 14.7 Å². The number of esters is 1. The number of rotatable bonds is 11. The van der Waals surface area contributed by atoms with E-state index >= 15 is 0 Å². The quantitative estimate of drug-likeness (QED) is 0.337. The number of aliphatic hydroxyl groups is 1. The monoisotopic (exact) mass is 504 g/mol. The summed E-state index contributed by atoms with van der Waals surface area (Å²) in [5, 5.41) is 12.5. The van der Waals surface area contributed by atoms with Crippen LogP contribution in [0.2, 0.25) is 0 Å². The van der Waals surface area contributed by atoms with Gasteiger partial charge >= 0.3 is 12.1 Å².